The summed E-state index contributed by atoms with van der Waals surface area (Å²) in [4.78, 5) is 0. The van der Waals surface area contributed by atoms with Gasteiger partial charge in [-0.2, -0.15) is 0 Å². The van der Waals surface area contributed by atoms with Crippen LogP contribution in [0.3, 0.4) is 0 Å². The average Bonchev–Trinajstić information content (AvgIpc) is 2.69. The van der Waals surface area contributed by atoms with Gasteiger partial charge in [0.2, 0.25) is 0 Å². The van der Waals surface area contributed by atoms with Crippen molar-refractivity contribution in [3.8, 4) is 0 Å². The second-order valence-electron chi connectivity index (χ2n) is 3.82. The monoisotopic (exact) mass is 203 g/mol. The highest BCUT2D eigenvalue weighted by Crippen LogP contribution is 2.20. The summed E-state index contributed by atoms with van der Waals surface area (Å²) in [5.74, 6) is 0. The Morgan fingerprint density at radius 2 is 2.07 bits per heavy atom. The van der Waals surface area contributed by atoms with Crippen LogP contribution >= 0.6 is 0 Å². The lowest BCUT2D eigenvalue weighted by Crippen LogP contribution is -2.32. The first-order valence-corrected chi connectivity index (χ1v) is 5.44. The molecule has 4 heteroatoms. The van der Waals surface area contributed by atoms with E-state index in [1.807, 2.05) is 0 Å². The van der Waals surface area contributed by atoms with E-state index in [9.17, 15) is 0 Å². The van der Waals surface area contributed by atoms with Gasteiger partial charge in [-0.05, 0) is 12.8 Å². The zero-order chi connectivity index (χ0) is 10.2. The number of hydrogen-bond donors (Lipinski definition) is 3. The molecule has 0 saturated heterocycles. The fraction of sp³-hybridized carbons (Fsp3) is 1.00. The molecular weight excluding hydrogens is 182 g/mol. The predicted octanol–water partition coefficient (Wildman–Crippen LogP) is -0.112. The van der Waals surface area contributed by atoms with Crippen molar-refractivity contribution in [2.24, 2.45) is 0 Å². The highest BCUT2D eigenvalue weighted by molar-refractivity contribution is 4.66. The van der Waals surface area contributed by atoms with Crippen LogP contribution in [0.15, 0.2) is 0 Å². The van der Waals surface area contributed by atoms with Gasteiger partial charge in [-0.3, -0.25) is 0 Å². The van der Waals surface area contributed by atoms with Gasteiger partial charge in [-0.25, -0.2) is 0 Å². The van der Waals surface area contributed by atoms with Crippen molar-refractivity contribution in [2.75, 3.05) is 26.3 Å². The SMILES string of the molecule is OCC(O)CNCCOC1CCCC1. The summed E-state index contributed by atoms with van der Waals surface area (Å²) in [5, 5.41) is 20.6. The Balaban J connectivity index is 1.84. The Hall–Kier alpha value is -0.160. The molecule has 1 saturated carbocycles. The lowest BCUT2D eigenvalue weighted by atomic mass is 10.3. The highest BCUT2D eigenvalue weighted by atomic mass is 16.5. The Morgan fingerprint density at radius 1 is 1.36 bits per heavy atom. The van der Waals surface area contributed by atoms with Crippen LogP contribution in [0.2, 0.25) is 0 Å². The zero-order valence-electron chi connectivity index (χ0n) is 8.61. The van der Waals surface area contributed by atoms with Crippen LogP contribution in [0.5, 0.6) is 0 Å². The number of ether oxygens (including phenoxy) is 1. The number of aliphatic hydroxyl groups excluding tert-OH is 2. The minimum Gasteiger partial charge on any atom is -0.394 e. The van der Waals surface area contributed by atoms with E-state index in [-0.39, 0.29) is 6.61 Å². The van der Waals surface area contributed by atoms with Gasteiger partial charge in [0.1, 0.15) is 0 Å². The molecule has 1 aliphatic carbocycles. The molecule has 0 radical (unpaired) electrons. The lowest BCUT2D eigenvalue weighted by molar-refractivity contribution is 0.0552. The van der Waals surface area contributed by atoms with Gasteiger partial charge in [-0.15, -0.1) is 0 Å². The molecule has 1 atom stereocenters. The summed E-state index contributed by atoms with van der Waals surface area (Å²) in [6.45, 7) is 1.69. The second kappa shape index (κ2) is 7.17. The van der Waals surface area contributed by atoms with E-state index in [4.69, 9.17) is 14.9 Å². The molecule has 1 unspecified atom stereocenters. The first-order chi connectivity index (χ1) is 6.83. The molecule has 1 rings (SSSR count). The molecule has 84 valence electrons. The van der Waals surface area contributed by atoms with Crippen molar-refractivity contribution in [2.45, 2.75) is 37.9 Å². The van der Waals surface area contributed by atoms with Crippen LogP contribution in [0, 0.1) is 0 Å². The van der Waals surface area contributed by atoms with Crippen LogP contribution in [0.4, 0.5) is 0 Å². The molecule has 0 aromatic rings. The molecule has 1 aliphatic rings. The normalized spacial score (nSPS) is 20.1. The highest BCUT2D eigenvalue weighted by Gasteiger charge is 2.14. The molecular formula is C10H21NO3. The second-order valence-corrected chi connectivity index (χ2v) is 3.82. The van der Waals surface area contributed by atoms with Gasteiger partial charge >= 0.3 is 0 Å². The Kier molecular flexibility index (Phi) is 6.10. The molecule has 1 fully saturated rings. The van der Waals surface area contributed by atoms with Crippen LogP contribution in [-0.2, 0) is 4.74 Å². The molecule has 0 spiro atoms. The van der Waals surface area contributed by atoms with Crippen molar-refractivity contribution < 1.29 is 14.9 Å². The number of hydrogen-bond acceptors (Lipinski definition) is 4. The van der Waals surface area contributed by atoms with Gasteiger partial charge in [0, 0.05) is 13.1 Å². The summed E-state index contributed by atoms with van der Waals surface area (Å²) in [6, 6.07) is 0. The molecule has 0 heterocycles. The van der Waals surface area contributed by atoms with Gasteiger partial charge in [0.25, 0.3) is 0 Å². The van der Waals surface area contributed by atoms with Crippen LogP contribution in [0.25, 0.3) is 0 Å². The maximum Gasteiger partial charge on any atom is 0.0894 e. The summed E-state index contributed by atoms with van der Waals surface area (Å²) in [7, 11) is 0. The Bertz CT molecular complexity index is 137. The van der Waals surface area contributed by atoms with Crippen LogP contribution in [-0.4, -0.2) is 48.7 Å². The van der Waals surface area contributed by atoms with E-state index in [2.05, 4.69) is 5.32 Å². The van der Waals surface area contributed by atoms with E-state index < -0.39 is 6.10 Å². The van der Waals surface area contributed by atoms with Crippen molar-refractivity contribution in [1.82, 2.24) is 5.32 Å². The van der Waals surface area contributed by atoms with Crippen LogP contribution < -0.4 is 5.32 Å². The number of nitrogens with one attached hydrogen (secondary N) is 1. The molecule has 0 aromatic heterocycles. The smallest absolute Gasteiger partial charge is 0.0894 e. The third kappa shape index (κ3) is 4.91. The quantitative estimate of drug-likeness (QED) is 0.505. The molecule has 0 bridgehead atoms. The third-order valence-corrected chi connectivity index (χ3v) is 2.53. The van der Waals surface area contributed by atoms with E-state index in [0.717, 1.165) is 6.54 Å². The van der Waals surface area contributed by atoms with Crippen molar-refractivity contribution in [1.29, 1.82) is 0 Å². The standard InChI is InChI=1S/C10H21NO3/c12-8-9(13)7-11-5-6-14-10-3-1-2-4-10/h9-13H,1-8H2. The fourth-order valence-electron chi connectivity index (χ4n) is 1.69. The van der Waals surface area contributed by atoms with Crippen molar-refractivity contribution in [3.63, 3.8) is 0 Å². The van der Waals surface area contributed by atoms with E-state index in [1.54, 1.807) is 0 Å². The van der Waals surface area contributed by atoms with E-state index >= 15 is 0 Å². The van der Waals surface area contributed by atoms with E-state index in [0.29, 0.717) is 19.3 Å². The molecule has 3 N–H and O–H groups in total. The minimum absolute atomic E-state index is 0.184. The third-order valence-electron chi connectivity index (χ3n) is 2.53. The van der Waals surface area contributed by atoms with Crippen molar-refractivity contribution in [3.05, 3.63) is 0 Å². The number of aliphatic hydroxyl groups is 2. The molecule has 0 amide bonds. The molecule has 0 aromatic carbocycles. The molecule has 14 heavy (non-hydrogen) atoms. The van der Waals surface area contributed by atoms with Gasteiger partial charge in [-0.1, -0.05) is 12.8 Å². The summed E-state index contributed by atoms with van der Waals surface area (Å²) in [6.07, 6.45) is 4.78. The first kappa shape index (κ1) is 11.9. The summed E-state index contributed by atoms with van der Waals surface area (Å²) < 4.78 is 5.61. The van der Waals surface area contributed by atoms with Crippen molar-refractivity contribution >= 4 is 0 Å². The van der Waals surface area contributed by atoms with Gasteiger partial charge in [0.05, 0.1) is 25.4 Å². The van der Waals surface area contributed by atoms with Crippen LogP contribution in [0.1, 0.15) is 25.7 Å². The maximum absolute atomic E-state index is 9.02. The van der Waals surface area contributed by atoms with Gasteiger partial charge in [0.15, 0.2) is 0 Å². The van der Waals surface area contributed by atoms with E-state index in [1.165, 1.54) is 25.7 Å². The summed E-state index contributed by atoms with van der Waals surface area (Å²) >= 11 is 0. The molecule has 0 aliphatic heterocycles. The van der Waals surface area contributed by atoms with Gasteiger partial charge < -0.3 is 20.3 Å². The summed E-state index contributed by atoms with van der Waals surface area (Å²) in [5.41, 5.74) is 0. The fourth-order valence-corrected chi connectivity index (χ4v) is 1.69. The predicted molar refractivity (Wildman–Crippen MR) is 54.2 cm³/mol. The number of rotatable bonds is 7. The molecule has 4 nitrogen and oxygen atoms in total. The first-order valence-electron chi connectivity index (χ1n) is 5.44. The largest absolute Gasteiger partial charge is 0.394 e. The maximum atomic E-state index is 9.02. The Labute approximate surface area is 85.3 Å². The lowest BCUT2D eigenvalue weighted by Gasteiger charge is -2.12. The topological polar surface area (TPSA) is 61.7 Å². The zero-order valence-corrected chi connectivity index (χ0v) is 8.61. The minimum atomic E-state index is -0.651. The average molecular weight is 203 g/mol. The Morgan fingerprint density at radius 3 is 2.71 bits per heavy atom.